The van der Waals surface area contributed by atoms with Crippen molar-refractivity contribution in [3.63, 3.8) is 0 Å². The number of amides is 6. The van der Waals surface area contributed by atoms with Crippen molar-refractivity contribution < 1.29 is 63.7 Å². The molecule has 4 saturated heterocycles. The Kier molecular flexibility index (Phi) is 15.8. The monoisotopic (exact) mass is 840 g/mol. The molecule has 4 aliphatic rings. The molecule has 0 aliphatic carbocycles. The Labute approximate surface area is 344 Å². The Balaban J connectivity index is 1.76. The minimum Gasteiger partial charge on any atom is -0.458 e. The first-order valence-electron chi connectivity index (χ1n) is 20.7. The number of fused-ring (bicyclic) bond motifs is 2. The van der Waals surface area contributed by atoms with Crippen LogP contribution in [0.5, 0.6) is 0 Å². The molecule has 4 heterocycles. The average Bonchev–Trinajstić information content (AvgIpc) is 3.22. The van der Waals surface area contributed by atoms with Crippen LogP contribution in [0.4, 0.5) is 0 Å². The van der Waals surface area contributed by atoms with Gasteiger partial charge in [-0.1, -0.05) is 34.1 Å². The van der Waals surface area contributed by atoms with Crippen LogP contribution in [0.3, 0.4) is 0 Å². The zero-order valence-corrected chi connectivity index (χ0v) is 35.3. The Morgan fingerprint density at radius 1 is 0.898 bits per heavy atom. The lowest BCUT2D eigenvalue weighted by Gasteiger charge is -2.47. The van der Waals surface area contributed by atoms with Crippen molar-refractivity contribution in [1.82, 2.24) is 41.6 Å². The number of nitrogens with zero attached hydrogens (tertiary/aromatic N) is 4. The highest BCUT2D eigenvalue weighted by Crippen LogP contribution is 2.40. The van der Waals surface area contributed by atoms with Crippen LogP contribution in [0.15, 0.2) is 0 Å². The number of carbonyl (C=O) groups is 7. The number of aliphatic hydroxyl groups is 2. The minimum atomic E-state index is -2.70. The second-order valence-corrected chi connectivity index (χ2v) is 16.9. The molecule has 11 atom stereocenters. The zero-order valence-electron chi connectivity index (χ0n) is 35.3. The van der Waals surface area contributed by atoms with E-state index < -0.39 is 108 Å². The maximum absolute atomic E-state index is 14.8. The summed E-state index contributed by atoms with van der Waals surface area (Å²) in [5.41, 5.74) is 2.85. The van der Waals surface area contributed by atoms with Gasteiger partial charge < -0.3 is 30.3 Å². The maximum atomic E-state index is 14.8. The predicted molar refractivity (Wildman–Crippen MR) is 205 cm³/mol. The van der Waals surface area contributed by atoms with Gasteiger partial charge in [-0.15, -0.1) is 0 Å². The summed E-state index contributed by atoms with van der Waals surface area (Å²) in [6, 6.07) is -8.05. The second-order valence-electron chi connectivity index (χ2n) is 16.9. The van der Waals surface area contributed by atoms with Crippen LogP contribution in [0.1, 0.15) is 107 Å². The Morgan fingerprint density at radius 2 is 1.46 bits per heavy atom. The largest absolute Gasteiger partial charge is 0.458 e. The smallest absolute Gasteiger partial charge is 0.331 e. The summed E-state index contributed by atoms with van der Waals surface area (Å²) in [7, 11) is 0. The lowest BCUT2D eigenvalue weighted by molar-refractivity contribution is -0.326. The fourth-order valence-electron chi connectivity index (χ4n) is 7.87. The summed E-state index contributed by atoms with van der Waals surface area (Å²) in [4.78, 5) is 96.8. The van der Waals surface area contributed by atoms with Gasteiger partial charge in [-0.3, -0.25) is 49.2 Å². The number of rotatable bonds is 7. The molecule has 8 N–H and O–H groups in total. The molecule has 0 aromatic rings. The summed E-state index contributed by atoms with van der Waals surface area (Å²) in [6.45, 7) is 12.1. The normalized spacial score (nSPS) is 34.1. The molecule has 0 saturated carbocycles. The summed E-state index contributed by atoms with van der Waals surface area (Å²) >= 11 is 0. The average molecular weight is 841 g/mol. The van der Waals surface area contributed by atoms with Crippen molar-refractivity contribution in [3.8, 4) is 0 Å². The molecule has 21 nitrogen and oxygen atoms in total. The standard InChI is InChI=1S/C38H64N8O13/c1-9-21(4)18-25-14-15-38(55,59-24(25)7)37(8,54)36(53)42-29-30(20(2)3)58-35(52)23(6)46(57)32(49)26-12-10-16-40-43(26)28(47)19-39-31(48)22(5)45(56)33(50)27-13-11-17-41-44(27)34(29)51/h20-27,29-30,40-41,54-57H,9-19H2,1-8H3,(H,39,48)(H,42,53)/t21-,22?,23+,24+,25+,26-,27+,29-,30?,37+,38-/m0/s1. The molecule has 21 heteroatoms. The number of carbonyl (C=O) groups excluding carboxylic acids is 7. The lowest BCUT2D eigenvalue weighted by atomic mass is 9.79. The van der Waals surface area contributed by atoms with E-state index in [1.807, 2.05) is 0 Å². The number of hydroxylamine groups is 4. The van der Waals surface area contributed by atoms with E-state index in [4.69, 9.17) is 9.47 Å². The van der Waals surface area contributed by atoms with E-state index in [-0.39, 0.29) is 48.4 Å². The van der Waals surface area contributed by atoms with Crippen LogP contribution in [-0.4, -0.2) is 156 Å². The van der Waals surface area contributed by atoms with E-state index in [2.05, 4.69) is 35.3 Å². The first kappa shape index (κ1) is 47.7. The summed E-state index contributed by atoms with van der Waals surface area (Å²) < 4.78 is 11.8. The quantitative estimate of drug-likeness (QED) is 0.114. The number of hydrogen-bond acceptors (Lipinski definition) is 15. The third-order valence-corrected chi connectivity index (χ3v) is 12.2. The van der Waals surface area contributed by atoms with Crippen molar-refractivity contribution in [2.45, 2.75) is 161 Å². The Morgan fingerprint density at radius 3 is 2.02 bits per heavy atom. The maximum Gasteiger partial charge on any atom is 0.331 e. The third-order valence-electron chi connectivity index (χ3n) is 12.2. The number of hydrazine groups is 2. The molecule has 0 radical (unpaired) electrons. The molecule has 6 amide bonds. The first-order chi connectivity index (χ1) is 27.6. The molecule has 4 rings (SSSR count). The number of hydrogen-bond donors (Lipinski definition) is 8. The van der Waals surface area contributed by atoms with Gasteiger partial charge in [0.25, 0.3) is 29.5 Å². The van der Waals surface area contributed by atoms with Crippen LogP contribution >= 0.6 is 0 Å². The molecular weight excluding hydrogens is 776 g/mol. The van der Waals surface area contributed by atoms with Gasteiger partial charge in [-0.05, 0) is 84.0 Å². The lowest BCUT2D eigenvalue weighted by Crippen LogP contribution is -2.70. The van der Waals surface area contributed by atoms with Gasteiger partial charge in [-0.2, -0.15) is 0 Å². The highest BCUT2D eigenvalue weighted by Gasteiger charge is 2.57. The van der Waals surface area contributed by atoms with Crippen LogP contribution in [0.2, 0.25) is 0 Å². The van der Waals surface area contributed by atoms with Crippen LogP contribution in [-0.2, 0) is 43.0 Å². The molecule has 0 aromatic heterocycles. The van der Waals surface area contributed by atoms with Crippen LogP contribution in [0, 0.1) is 17.8 Å². The van der Waals surface area contributed by atoms with Crippen molar-refractivity contribution in [1.29, 1.82) is 0 Å². The molecule has 4 fully saturated rings. The molecule has 334 valence electrons. The Hall–Kier alpha value is -3.99. The van der Waals surface area contributed by atoms with Crippen molar-refractivity contribution >= 4 is 41.4 Å². The van der Waals surface area contributed by atoms with Gasteiger partial charge in [0.2, 0.25) is 11.7 Å². The topological polar surface area (TPSA) is 280 Å². The number of cyclic esters (lactones) is 1. The van der Waals surface area contributed by atoms with E-state index >= 15 is 0 Å². The highest BCUT2D eigenvalue weighted by molar-refractivity contribution is 5.97. The fourth-order valence-corrected chi connectivity index (χ4v) is 7.87. The van der Waals surface area contributed by atoms with Crippen LogP contribution in [0.25, 0.3) is 0 Å². The van der Waals surface area contributed by atoms with E-state index in [9.17, 15) is 54.2 Å². The predicted octanol–water partition coefficient (Wildman–Crippen LogP) is -0.936. The number of esters is 1. The highest BCUT2D eigenvalue weighted by atomic mass is 16.6. The fraction of sp³-hybridized carbons (Fsp3) is 0.816. The Bertz CT molecular complexity index is 1580. The number of ether oxygens (including phenoxy) is 2. The van der Waals surface area contributed by atoms with E-state index in [0.717, 1.165) is 36.7 Å². The van der Waals surface area contributed by atoms with E-state index in [1.165, 1.54) is 6.92 Å². The van der Waals surface area contributed by atoms with Crippen molar-refractivity contribution in [3.05, 3.63) is 0 Å². The van der Waals surface area contributed by atoms with Gasteiger partial charge >= 0.3 is 5.97 Å². The molecular formula is C38H64N8O13. The number of nitrogens with one attached hydrogen (secondary N) is 4. The van der Waals surface area contributed by atoms with Crippen LogP contribution < -0.4 is 21.5 Å². The van der Waals surface area contributed by atoms with Gasteiger partial charge in [0.05, 0.1) is 12.6 Å². The SMILES string of the molecule is CC[C@H](C)C[C@H]1CC[C@@](O)([C@](C)(O)C(=O)N[C@@H]2C(=O)N3NCCC[C@@H]3C(=O)N(O)C(C)C(=O)NCC(=O)N3NCCC[C@H]3C(=O)N(O)[C@H](C)C(=O)OC2C(C)C)O[C@@H]1C. The summed E-state index contributed by atoms with van der Waals surface area (Å²) in [5, 5.41) is 52.4. The second kappa shape index (κ2) is 19.6. The molecule has 0 aromatic carbocycles. The van der Waals surface area contributed by atoms with Crippen molar-refractivity contribution in [2.24, 2.45) is 17.8 Å². The molecule has 0 bridgehead atoms. The van der Waals surface area contributed by atoms with Gasteiger partial charge in [-0.25, -0.2) is 25.8 Å². The van der Waals surface area contributed by atoms with E-state index in [0.29, 0.717) is 25.2 Å². The van der Waals surface area contributed by atoms with E-state index in [1.54, 1.807) is 20.8 Å². The summed E-state index contributed by atoms with van der Waals surface area (Å²) in [5.74, 6) is -10.4. The first-order valence-corrected chi connectivity index (χ1v) is 20.7. The summed E-state index contributed by atoms with van der Waals surface area (Å²) in [6.07, 6.45) is 0.550. The van der Waals surface area contributed by atoms with Crippen molar-refractivity contribution in [2.75, 3.05) is 19.6 Å². The molecule has 59 heavy (non-hydrogen) atoms. The zero-order chi connectivity index (χ0) is 44.1. The third kappa shape index (κ3) is 10.3. The van der Waals surface area contributed by atoms with Gasteiger partial charge in [0.15, 0.2) is 11.6 Å². The minimum absolute atomic E-state index is 0.0268. The molecule has 4 aliphatic heterocycles. The van der Waals surface area contributed by atoms with Gasteiger partial charge in [0.1, 0.15) is 30.3 Å². The molecule has 0 spiro atoms. The molecule has 2 unspecified atom stereocenters. The van der Waals surface area contributed by atoms with Gasteiger partial charge in [0, 0.05) is 19.5 Å².